The van der Waals surface area contributed by atoms with E-state index in [9.17, 15) is 13.2 Å². The highest BCUT2D eigenvalue weighted by Crippen LogP contribution is 2.51. The maximum Gasteiger partial charge on any atom is 0.235 e. The van der Waals surface area contributed by atoms with Gasteiger partial charge in [0, 0.05) is 11.8 Å². The van der Waals surface area contributed by atoms with E-state index >= 15 is 0 Å². The van der Waals surface area contributed by atoms with Crippen molar-refractivity contribution in [2.75, 3.05) is 20.5 Å². The van der Waals surface area contributed by atoms with Crippen molar-refractivity contribution in [3.05, 3.63) is 17.7 Å². The van der Waals surface area contributed by atoms with Gasteiger partial charge in [-0.15, -0.1) is 0 Å². The Morgan fingerprint density at radius 2 is 1.81 bits per heavy atom. The van der Waals surface area contributed by atoms with Gasteiger partial charge in [0.25, 0.3) is 0 Å². The largest absolute Gasteiger partial charge is 0.492 e. The number of benzene rings is 1. The van der Waals surface area contributed by atoms with Crippen LogP contribution in [-0.4, -0.2) is 35.0 Å². The Hall–Kier alpha value is -1.85. The highest BCUT2D eigenvalue weighted by molar-refractivity contribution is 7.90. The summed E-state index contributed by atoms with van der Waals surface area (Å²) < 4.78 is 34.2. The number of rotatable bonds is 5. The maximum absolute atomic E-state index is 11.8. The highest BCUT2D eigenvalue weighted by Gasteiger charge is 2.42. The third-order valence-electron chi connectivity index (χ3n) is 3.83. The first kappa shape index (κ1) is 15.5. The molecule has 7 heteroatoms. The van der Waals surface area contributed by atoms with Crippen LogP contribution < -0.4 is 9.47 Å². The zero-order valence-electron chi connectivity index (χ0n) is 12.2. The summed E-state index contributed by atoms with van der Waals surface area (Å²) in [6.45, 7) is 0. The van der Waals surface area contributed by atoms with E-state index in [1.165, 1.54) is 20.3 Å². The van der Waals surface area contributed by atoms with Crippen LogP contribution in [0.1, 0.15) is 24.8 Å². The lowest BCUT2D eigenvalue weighted by Gasteiger charge is -2.38. The van der Waals surface area contributed by atoms with Crippen LogP contribution in [0.2, 0.25) is 0 Å². The first-order chi connectivity index (χ1) is 9.89. The van der Waals surface area contributed by atoms with Crippen molar-refractivity contribution < 1.29 is 22.7 Å². The lowest BCUT2D eigenvalue weighted by molar-refractivity contribution is 0.241. The zero-order chi connectivity index (χ0) is 15.7. The Kier molecular flexibility index (Phi) is 4.07. The van der Waals surface area contributed by atoms with E-state index in [0.717, 1.165) is 12.7 Å². The van der Waals surface area contributed by atoms with Crippen LogP contribution in [0.4, 0.5) is 0 Å². The molecule has 21 heavy (non-hydrogen) atoms. The molecule has 0 bridgehead atoms. The van der Waals surface area contributed by atoms with Gasteiger partial charge in [-0.25, -0.2) is 13.2 Å². The Morgan fingerprint density at radius 1 is 1.19 bits per heavy atom. The smallest absolute Gasteiger partial charge is 0.235 e. The molecular formula is C14H17NO5S. The average Bonchev–Trinajstić information content (AvgIpc) is 2.40. The van der Waals surface area contributed by atoms with E-state index in [1.54, 1.807) is 12.1 Å². The molecule has 0 amide bonds. The second-order valence-corrected chi connectivity index (χ2v) is 7.02. The van der Waals surface area contributed by atoms with Crippen molar-refractivity contribution >= 4 is 15.9 Å². The Morgan fingerprint density at radius 3 is 2.19 bits per heavy atom. The summed E-state index contributed by atoms with van der Waals surface area (Å²) in [5, 5.41) is 0. The van der Waals surface area contributed by atoms with Crippen LogP contribution in [0.25, 0.3) is 0 Å². The van der Waals surface area contributed by atoms with Crippen LogP contribution in [0, 0.1) is 0 Å². The van der Waals surface area contributed by atoms with E-state index < -0.39 is 15.4 Å². The van der Waals surface area contributed by atoms with Gasteiger partial charge in [-0.1, -0.05) is 6.07 Å². The Balaban J connectivity index is 2.73. The summed E-state index contributed by atoms with van der Waals surface area (Å²) in [5.41, 5.74) is -0.0278. The fraction of sp³-hybridized carbons (Fsp3) is 0.500. The lowest BCUT2D eigenvalue weighted by atomic mass is 9.72. The first-order valence-electron chi connectivity index (χ1n) is 6.44. The minimum Gasteiger partial charge on any atom is -0.492 e. The monoisotopic (exact) mass is 311 g/mol. The number of isocyanates is 1. The second kappa shape index (κ2) is 5.50. The van der Waals surface area contributed by atoms with Gasteiger partial charge in [0.2, 0.25) is 6.08 Å². The maximum atomic E-state index is 11.8. The average molecular weight is 311 g/mol. The van der Waals surface area contributed by atoms with Crippen molar-refractivity contribution in [2.24, 2.45) is 4.99 Å². The molecule has 1 aliphatic carbocycles. The van der Waals surface area contributed by atoms with E-state index in [-0.39, 0.29) is 10.6 Å². The van der Waals surface area contributed by atoms with Gasteiger partial charge in [-0.2, -0.15) is 4.99 Å². The molecule has 2 rings (SSSR count). The normalized spacial score (nSPS) is 16.5. The summed E-state index contributed by atoms with van der Waals surface area (Å²) in [6.07, 6.45) is 5.03. The van der Waals surface area contributed by atoms with Crippen molar-refractivity contribution in [1.29, 1.82) is 0 Å². The molecule has 0 spiro atoms. The van der Waals surface area contributed by atoms with Crippen LogP contribution >= 0.6 is 0 Å². The predicted molar refractivity (Wildman–Crippen MR) is 76.3 cm³/mol. The summed E-state index contributed by atoms with van der Waals surface area (Å²) in [7, 11) is -0.638. The van der Waals surface area contributed by atoms with Crippen LogP contribution in [-0.2, 0) is 20.2 Å². The van der Waals surface area contributed by atoms with Crippen LogP contribution in [0.5, 0.6) is 11.5 Å². The Labute approximate surface area is 123 Å². The number of hydrogen-bond acceptors (Lipinski definition) is 6. The van der Waals surface area contributed by atoms with E-state index in [0.29, 0.717) is 24.2 Å². The molecule has 1 aliphatic rings. The molecule has 6 nitrogen and oxygen atoms in total. The van der Waals surface area contributed by atoms with Gasteiger partial charge < -0.3 is 9.47 Å². The number of hydrogen-bond donors (Lipinski definition) is 0. The molecule has 0 heterocycles. The highest BCUT2D eigenvalue weighted by atomic mass is 32.2. The number of aliphatic imine (C=N–C) groups is 1. The first-order valence-corrected chi connectivity index (χ1v) is 8.33. The van der Waals surface area contributed by atoms with E-state index in [1.807, 2.05) is 0 Å². The van der Waals surface area contributed by atoms with Crippen LogP contribution in [0.3, 0.4) is 0 Å². The Bertz CT molecular complexity index is 700. The SMILES string of the molecule is COc1c(C2(N=C=O)CCC2)ccc(S(C)(=O)=O)c1OC. The topological polar surface area (TPSA) is 82.0 Å². The van der Waals surface area contributed by atoms with Gasteiger partial charge in [0.15, 0.2) is 21.3 Å². The molecule has 0 N–H and O–H groups in total. The molecule has 0 radical (unpaired) electrons. The molecule has 0 atom stereocenters. The quantitative estimate of drug-likeness (QED) is 0.612. The molecular weight excluding hydrogens is 294 g/mol. The zero-order valence-corrected chi connectivity index (χ0v) is 13.0. The molecule has 0 saturated heterocycles. The summed E-state index contributed by atoms with van der Waals surface area (Å²) in [5.74, 6) is 0.448. The lowest BCUT2D eigenvalue weighted by Crippen LogP contribution is -2.32. The molecule has 1 aromatic rings. The van der Waals surface area contributed by atoms with Crippen molar-refractivity contribution in [1.82, 2.24) is 0 Å². The standard InChI is InChI=1S/C14H17NO5S/c1-19-12-10(14(15-9-16)7-4-8-14)5-6-11(13(12)20-2)21(3,17)18/h5-6H,4,7-8H2,1-3H3. The molecule has 0 unspecified atom stereocenters. The van der Waals surface area contributed by atoms with Crippen molar-refractivity contribution in [3.8, 4) is 11.5 Å². The van der Waals surface area contributed by atoms with Crippen LogP contribution in [0.15, 0.2) is 22.0 Å². The van der Waals surface area contributed by atoms with Gasteiger partial charge in [-0.05, 0) is 25.3 Å². The number of methoxy groups -OCH3 is 2. The molecule has 1 aromatic carbocycles. The fourth-order valence-electron chi connectivity index (χ4n) is 2.64. The summed E-state index contributed by atoms with van der Waals surface area (Å²) in [6, 6.07) is 3.10. The molecule has 0 aliphatic heterocycles. The van der Waals surface area contributed by atoms with Crippen molar-refractivity contribution in [2.45, 2.75) is 29.7 Å². The minimum absolute atomic E-state index is 0.0511. The van der Waals surface area contributed by atoms with Gasteiger partial charge in [0.05, 0.1) is 14.2 Å². The third-order valence-corrected chi connectivity index (χ3v) is 4.95. The van der Waals surface area contributed by atoms with E-state index in [2.05, 4.69) is 4.99 Å². The number of ether oxygens (including phenoxy) is 2. The number of sulfone groups is 1. The predicted octanol–water partition coefficient (Wildman–Crippen LogP) is 1.82. The minimum atomic E-state index is -3.45. The molecule has 114 valence electrons. The number of carbonyl (C=O) groups excluding carboxylic acids is 1. The third kappa shape index (κ3) is 2.54. The van der Waals surface area contributed by atoms with Crippen molar-refractivity contribution in [3.63, 3.8) is 0 Å². The second-order valence-electron chi connectivity index (χ2n) is 5.04. The molecule has 0 aromatic heterocycles. The van der Waals surface area contributed by atoms with Gasteiger partial charge >= 0.3 is 0 Å². The van der Waals surface area contributed by atoms with E-state index in [4.69, 9.17) is 9.47 Å². The van der Waals surface area contributed by atoms with Gasteiger partial charge in [0.1, 0.15) is 10.4 Å². The molecule has 1 fully saturated rings. The number of nitrogens with zero attached hydrogens (tertiary/aromatic N) is 1. The summed E-state index contributed by atoms with van der Waals surface area (Å²) >= 11 is 0. The van der Waals surface area contributed by atoms with Gasteiger partial charge in [-0.3, -0.25) is 0 Å². The molecule has 1 saturated carbocycles. The fourth-order valence-corrected chi connectivity index (χ4v) is 3.47. The summed E-state index contributed by atoms with van der Waals surface area (Å²) in [4.78, 5) is 14.7.